The first-order chi connectivity index (χ1) is 11.8. The number of ketones is 1. The third-order valence-corrected chi connectivity index (χ3v) is 6.50. The summed E-state index contributed by atoms with van der Waals surface area (Å²) in [4.78, 5) is 12.2. The van der Waals surface area contributed by atoms with Crippen molar-refractivity contribution in [2.45, 2.75) is 19.4 Å². The smallest absolute Gasteiger partial charge is 0.185 e. The Bertz CT molecular complexity index is 964. The molecule has 1 aliphatic rings. The summed E-state index contributed by atoms with van der Waals surface area (Å²) in [5.41, 5.74) is 1.73. The molecule has 8 heteroatoms. The van der Waals surface area contributed by atoms with E-state index in [0.717, 1.165) is 0 Å². The molecule has 0 N–H and O–H groups in total. The average molecular weight is 399 g/mol. The fourth-order valence-electron chi connectivity index (χ4n) is 2.83. The van der Waals surface area contributed by atoms with Crippen molar-refractivity contribution in [2.75, 3.05) is 11.5 Å². The van der Waals surface area contributed by atoms with E-state index in [1.54, 1.807) is 41.9 Å². The second-order valence-electron chi connectivity index (χ2n) is 6.00. The maximum atomic E-state index is 12.2. The molecule has 1 aliphatic heterocycles. The SMILES string of the molecule is Cc1nn([C@H]2CCS(=O)(=O)C2)c(Cl)c1/C=C/C(=O)c1cccc(Cl)c1. The number of aryl methyl sites for hydroxylation is 1. The summed E-state index contributed by atoms with van der Waals surface area (Å²) in [6, 6.07) is 6.42. The Morgan fingerprint density at radius 2 is 2.12 bits per heavy atom. The predicted octanol–water partition coefficient (Wildman–Crippen LogP) is 3.75. The lowest BCUT2D eigenvalue weighted by molar-refractivity contribution is 0.104. The van der Waals surface area contributed by atoms with Gasteiger partial charge in [0.1, 0.15) is 5.15 Å². The van der Waals surface area contributed by atoms with Crippen molar-refractivity contribution in [3.63, 3.8) is 0 Å². The summed E-state index contributed by atoms with van der Waals surface area (Å²) in [5.74, 6) is -0.0156. The zero-order chi connectivity index (χ0) is 18.2. The van der Waals surface area contributed by atoms with Crippen molar-refractivity contribution < 1.29 is 13.2 Å². The van der Waals surface area contributed by atoms with Crippen molar-refractivity contribution in [1.82, 2.24) is 9.78 Å². The van der Waals surface area contributed by atoms with Crippen molar-refractivity contribution in [1.29, 1.82) is 0 Å². The Morgan fingerprint density at radius 1 is 1.36 bits per heavy atom. The third kappa shape index (κ3) is 3.97. The van der Waals surface area contributed by atoms with Gasteiger partial charge in [-0.25, -0.2) is 13.1 Å². The zero-order valence-corrected chi connectivity index (χ0v) is 15.8. The van der Waals surface area contributed by atoms with Crippen LogP contribution in [0.25, 0.3) is 6.08 Å². The van der Waals surface area contributed by atoms with Crippen LogP contribution >= 0.6 is 23.2 Å². The van der Waals surface area contributed by atoms with Crippen LogP contribution in [-0.2, 0) is 9.84 Å². The quantitative estimate of drug-likeness (QED) is 0.580. The number of carbonyl (C=O) groups is 1. The Labute approximate surface area is 156 Å². The van der Waals surface area contributed by atoms with Gasteiger partial charge >= 0.3 is 0 Å². The van der Waals surface area contributed by atoms with Gasteiger partial charge in [-0.3, -0.25) is 4.79 Å². The van der Waals surface area contributed by atoms with Crippen molar-refractivity contribution in [3.8, 4) is 0 Å². The molecule has 5 nitrogen and oxygen atoms in total. The fraction of sp³-hybridized carbons (Fsp3) is 0.294. The summed E-state index contributed by atoms with van der Waals surface area (Å²) < 4.78 is 24.9. The first kappa shape index (κ1) is 18.2. The fourth-order valence-corrected chi connectivity index (χ4v) is 5.09. The molecule has 0 aliphatic carbocycles. The summed E-state index contributed by atoms with van der Waals surface area (Å²) in [5, 5.41) is 5.19. The summed E-state index contributed by atoms with van der Waals surface area (Å²) in [6.45, 7) is 1.77. The molecule has 2 heterocycles. The van der Waals surface area contributed by atoms with Crippen molar-refractivity contribution in [2.24, 2.45) is 0 Å². The monoisotopic (exact) mass is 398 g/mol. The number of hydrogen-bond donors (Lipinski definition) is 0. The molecule has 0 bridgehead atoms. The number of allylic oxidation sites excluding steroid dienone is 1. The van der Waals surface area contributed by atoms with E-state index in [1.807, 2.05) is 0 Å². The summed E-state index contributed by atoms with van der Waals surface area (Å²) >= 11 is 12.3. The van der Waals surface area contributed by atoms with Gasteiger partial charge in [0.2, 0.25) is 0 Å². The molecule has 1 aromatic carbocycles. The van der Waals surface area contributed by atoms with Crippen LogP contribution in [0.4, 0.5) is 0 Å². The van der Waals surface area contributed by atoms with Gasteiger partial charge in [0.05, 0.1) is 23.2 Å². The number of rotatable bonds is 4. The van der Waals surface area contributed by atoms with Crippen LogP contribution in [0.1, 0.15) is 34.1 Å². The molecular weight excluding hydrogens is 383 g/mol. The topological polar surface area (TPSA) is 69.0 Å². The van der Waals surface area contributed by atoms with E-state index in [2.05, 4.69) is 5.10 Å². The molecule has 2 aromatic rings. The minimum absolute atomic E-state index is 0.0401. The highest BCUT2D eigenvalue weighted by Gasteiger charge is 2.31. The van der Waals surface area contributed by atoms with E-state index in [-0.39, 0.29) is 23.3 Å². The van der Waals surface area contributed by atoms with E-state index >= 15 is 0 Å². The number of nitrogens with zero attached hydrogens (tertiary/aromatic N) is 2. The molecule has 0 amide bonds. The normalized spacial score (nSPS) is 19.6. The molecule has 0 unspecified atom stereocenters. The maximum absolute atomic E-state index is 12.2. The molecular formula is C17H16Cl2N2O3S. The standard InChI is InChI=1S/C17H16Cl2N2O3S/c1-11-15(5-6-16(22)12-3-2-4-13(18)9-12)17(19)21(20-11)14-7-8-25(23,24)10-14/h2-6,9,14H,7-8,10H2,1H3/b6-5+/t14-/m0/s1. The van der Waals surface area contributed by atoms with Gasteiger partial charge in [-0.1, -0.05) is 35.3 Å². The molecule has 1 atom stereocenters. The Kier molecular flexibility index (Phi) is 5.04. The molecule has 0 saturated carbocycles. The Balaban J connectivity index is 1.85. The van der Waals surface area contributed by atoms with Crippen LogP contribution in [0, 0.1) is 6.92 Å². The molecule has 25 heavy (non-hydrogen) atoms. The second-order valence-corrected chi connectivity index (χ2v) is 9.02. The lowest BCUT2D eigenvalue weighted by Crippen LogP contribution is -2.12. The van der Waals surface area contributed by atoms with Gasteiger partial charge in [0, 0.05) is 16.1 Å². The molecule has 1 aromatic heterocycles. The van der Waals surface area contributed by atoms with Crippen molar-refractivity contribution >= 4 is 44.9 Å². The number of hydrogen-bond acceptors (Lipinski definition) is 4. The predicted molar refractivity (Wildman–Crippen MR) is 99.1 cm³/mol. The van der Waals surface area contributed by atoms with E-state index in [4.69, 9.17) is 23.2 Å². The van der Waals surface area contributed by atoms with Gasteiger partial charge in [-0.05, 0) is 37.6 Å². The van der Waals surface area contributed by atoms with Crippen LogP contribution < -0.4 is 0 Å². The largest absolute Gasteiger partial charge is 0.289 e. The van der Waals surface area contributed by atoms with Crippen LogP contribution in [0.15, 0.2) is 30.3 Å². The highest BCUT2D eigenvalue weighted by atomic mass is 35.5. The number of halogens is 2. The number of carbonyl (C=O) groups excluding carboxylic acids is 1. The number of sulfone groups is 1. The van der Waals surface area contributed by atoms with E-state index in [9.17, 15) is 13.2 Å². The van der Waals surface area contributed by atoms with E-state index in [0.29, 0.717) is 33.4 Å². The second kappa shape index (κ2) is 6.94. The highest BCUT2D eigenvalue weighted by molar-refractivity contribution is 7.91. The van der Waals surface area contributed by atoms with Crippen molar-refractivity contribution in [3.05, 3.63) is 57.3 Å². The number of aromatic nitrogens is 2. The minimum atomic E-state index is -3.03. The van der Waals surface area contributed by atoms with E-state index in [1.165, 1.54) is 6.08 Å². The van der Waals surface area contributed by atoms with Crippen LogP contribution in [-0.4, -0.2) is 35.5 Å². The minimum Gasteiger partial charge on any atom is -0.289 e. The molecule has 132 valence electrons. The number of benzene rings is 1. The van der Waals surface area contributed by atoms with Gasteiger partial charge in [-0.15, -0.1) is 0 Å². The molecule has 0 radical (unpaired) electrons. The van der Waals surface area contributed by atoms with Gasteiger partial charge in [-0.2, -0.15) is 5.10 Å². The van der Waals surface area contributed by atoms with Gasteiger partial charge in [0.25, 0.3) is 0 Å². The van der Waals surface area contributed by atoms with Gasteiger partial charge in [0.15, 0.2) is 15.6 Å². The lowest BCUT2D eigenvalue weighted by Gasteiger charge is -2.09. The summed E-state index contributed by atoms with van der Waals surface area (Å²) in [6.07, 6.45) is 3.51. The van der Waals surface area contributed by atoms with Gasteiger partial charge < -0.3 is 0 Å². The molecule has 1 saturated heterocycles. The Morgan fingerprint density at radius 3 is 2.76 bits per heavy atom. The van der Waals surface area contributed by atoms with Crippen LogP contribution in [0.2, 0.25) is 10.2 Å². The zero-order valence-electron chi connectivity index (χ0n) is 13.4. The maximum Gasteiger partial charge on any atom is 0.185 e. The van der Waals surface area contributed by atoms with Crippen LogP contribution in [0.3, 0.4) is 0 Å². The third-order valence-electron chi connectivity index (χ3n) is 4.14. The highest BCUT2D eigenvalue weighted by Crippen LogP contribution is 2.30. The molecule has 1 fully saturated rings. The average Bonchev–Trinajstić information content (AvgIpc) is 3.04. The first-order valence-corrected chi connectivity index (χ1v) is 10.3. The molecule has 3 rings (SSSR count). The Hall–Kier alpha value is -1.63. The first-order valence-electron chi connectivity index (χ1n) is 7.70. The van der Waals surface area contributed by atoms with Crippen LogP contribution in [0.5, 0.6) is 0 Å². The molecule has 0 spiro atoms. The van der Waals surface area contributed by atoms with E-state index < -0.39 is 9.84 Å². The summed E-state index contributed by atoms with van der Waals surface area (Å²) in [7, 11) is -3.03. The lowest BCUT2D eigenvalue weighted by atomic mass is 10.1.